The van der Waals surface area contributed by atoms with Gasteiger partial charge >= 0.3 is 0 Å². The molecule has 19 heavy (non-hydrogen) atoms. The second kappa shape index (κ2) is 3.93. The maximum atomic E-state index is 12.1. The average Bonchev–Trinajstić information content (AvgIpc) is 2.25. The maximum Gasteiger partial charge on any atom is 0.185 e. The standard InChI is InChI=1S/C15H21N3O/c1-10-4-14(19)12-5-11(2-3-13(12)17-10)18-8-15(9-18)6-16-7-15/h4,11,16H,2-3,5-9H2,1H3,(H,17,19). The van der Waals surface area contributed by atoms with E-state index in [1.165, 1.54) is 38.3 Å². The third-order valence-electron chi connectivity index (χ3n) is 5.12. The highest BCUT2D eigenvalue weighted by atomic mass is 16.1. The Labute approximate surface area is 113 Å². The number of aromatic amines is 1. The summed E-state index contributed by atoms with van der Waals surface area (Å²) >= 11 is 0. The first-order valence-electron chi connectivity index (χ1n) is 7.32. The predicted octanol–water partition coefficient (Wildman–Crippen LogP) is 0.446. The molecule has 0 bridgehead atoms. The minimum atomic E-state index is 0.233. The van der Waals surface area contributed by atoms with Crippen molar-refractivity contribution in [3.63, 3.8) is 0 Å². The van der Waals surface area contributed by atoms with Crippen LogP contribution < -0.4 is 10.7 Å². The summed E-state index contributed by atoms with van der Waals surface area (Å²) in [5.41, 5.74) is 4.03. The van der Waals surface area contributed by atoms with Gasteiger partial charge in [0.25, 0.3) is 0 Å². The van der Waals surface area contributed by atoms with Crippen LogP contribution in [0.5, 0.6) is 0 Å². The Balaban J connectivity index is 1.51. The van der Waals surface area contributed by atoms with Crippen LogP contribution in [0.1, 0.15) is 23.4 Å². The van der Waals surface area contributed by atoms with E-state index < -0.39 is 0 Å². The largest absolute Gasteiger partial charge is 0.362 e. The van der Waals surface area contributed by atoms with E-state index in [1.807, 2.05) is 6.92 Å². The van der Waals surface area contributed by atoms with E-state index in [1.54, 1.807) is 6.07 Å². The lowest BCUT2D eigenvalue weighted by atomic mass is 9.72. The van der Waals surface area contributed by atoms with E-state index >= 15 is 0 Å². The van der Waals surface area contributed by atoms with Crippen molar-refractivity contribution >= 4 is 0 Å². The van der Waals surface area contributed by atoms with Crippen molar-refractivity contribution in [2.75, 3.05) is 26.2 Å². The molecule has 1 spiro atoms. The van der Waals surface area contributed by atoms with Crippen molar-refractivity contribution in [1.82, 2.24) is 15.2 Å². The number of hydrogen-bond acceptors (Lipinski definition) is 3. The quantitative estimate of drug-likeness (QED) is 0.769. The Kier molecular flexibility index (Phi) is 2.42. The summed E-state index contributed by atoms with van der Waals surface area (Å²) in [6.07, 6.45) is 3.16. The van der Waals surface area contributed by atoms with Crippen LogP contribution in [-0.2, 0) is 12.8 Å². The van der Waals surface area contributed by atoms with Crippen molar-refractivity contribution in [3.05, 3.63) is 33.2 Å². The fraction of sp³-hybridized carbons (Fsp3) is 0.667. The number of hydrogen-bond donors (Lipinski definition) is 2. The number of likely N-dealkylation sites (tertiary alicyclic amines) is 1. The minimum absolute atomic E-state index is 0.233. The zero-order chi connectivity index (χ0) is 13.0. The molecule has 1 atom stereocenters. The molecular formula is C15H21N3O. The smallest absolute Gasteiger partial charge is 0.185 e. The summed E-state index contributed by atoms with van der Waals surface area (Å²) in [6.45, 7) is 6.79. The number of nitrogens with zero attached hydrogens (tertiary/aromatic N) is 1. The molecule has 0 amide bonds. The molecule has 2 N–H and O–H groups in total. The Morgan fingerprint density at radius 1 is 1.37 bits per heavy atom. The number of rotatable bonds is 1. The summed E-state index contributed by atoms with van der Waals surface area (Å²) in [4.78, 5) is 18.1. The van der Waals surface area contributed by atoms with Gasteiger partial charge in [-0.1, -0.05) is 0 Å². The molecule has 4 rings (SSSR count). The summed E-state index contributed by atoms with van der Waals surface area (Å²) in [7, 11) is 0. The topological polar surface area (TPSA) is 48.1 Å². The highest BCUT2D eigenvalue weighted by Gasteiger charge is 2.49. The van der Waals surface area contributed by atoms with Gasteiger partial charge in [0, 0.05) is 60.7 Å². The average molecular weight is 259 g/mol. The fourth-order valence-electron chi connectivity index (χ4n) is 3.96. The molecule has 1 aromatic heterocycles. The second-order valence-corrected chi connectivity index (χ2v) is 6.68. The molecule has 2 aliphatic heterocycles. The van der Waals surface area contributed by atoms with Crippen molar-refractivity contribution in [3.8, 4) is 0 Å². The van der Waals surface area contributed by atoms with Gasteiger partial charge in [-0.3, -0.25) is 9.69 Å². The lowest BCUT2D eigenvalue weighted by molar-refractivity contribution is -0.0675. The second-order valence-electron chi connectivity index (χ2n) is 6.68. The molecule has 3 heterocycles. The Hall–Kier alpha value is -1.13. The summed E-state index contributed by atoms with van der Waals surface area (Å²) in [5.74, 6) is 0. The van der Waals surface area contributed by atoms with E-state index in [0.29, 0.717) is 11.5 Å². The third-order valence-corrected chi connectivity index (χ3v) is 5.12. The zero-order valence-electron chi connectivity index (χ0n) is 11.5. The van der Waals surface area contributed by atoms with Crippen LogP contribution in [0.3, 0.4) is 0 Å². The first-order chi connectivity index (χ1) is 9.15. The molecule has 2 fully saturated rings. The van der Waals surface area contributed by atoms with E-state index in [9.17, 15) is 4.79 Å². The van der Waals surface area contributed by atoms with Crippen molar-refractivity contribution in [2.24, 2.45) is 5.41 Å². The first-order valence-corrected chi connectivity index (χ1v) is 7.32. The van der Waals surface area contributed by atoms with Gasteiger partial charge in [0.1, 0.15) is 0 Å². The Bertz CT molecular complexity index is 565. The molecular weight excluding hydrogens is 238 g/mol. The van der Waals surface area contributed by atoms with Crippen LogP contribution in [0.4, 0.5) is 0 Å². The molecule has 0 saturated carbocycles. The molecule has 3 aliphatic rings. The molecule has 4 heteroatoms. The summed E-state index contributed by atoms with van der Waals surface area (Å²) in [6, 6.07) is 2.33. The lowest BCUT2D eigenvalue weighted by Gasteiger charge is -2.59. The lowest BCUT2D eigenvalue weighted by Crippen LogP contribution is -2.73. The van der Waals surface area contributed by atoms with Crippen LogP contribution in [-0.4, -0.2) is 42.1 Å². The monoisotopic (exact) mass is 259 g/mol. The maximum absolute atomic E-state index is 12.1. The van der Waals surface area contributed by atoms with Gasteiger partial charge in [-0.15, -0.1) is 0 Å². The molecule has 0 radical (unpaired) electrons. The molecule has 2 saturated heterocycles. The van der Waals surface area contributed by atoms with Crippen LogP contribution in [0, 0.1) is 12.3 Å². The number of aromatic nitrogens is 1. The van der Waals surface area contributed by atoms with Gasteiger partial charge in [0.05, 0.1) is 0 Å². The van der Waals surface area contributed by atoms with Gasteiger partial charge in [-0.05, 0) is 26.2 Å². The van der Waals surface area contributed by atoms with Crippen LogP contribution in [0.25, 0.3) is 0 Å². The SMILES string of the molecule is Cc1cc(=O)c2c([nH]1)CCC(N1CC3(CNC3)C1)C2. The van der Waals surface area contributed by atoms with Crippen molar-refractivity contribution in [1.29, 1.82) is 0 Å². The minimum Gasteiger partial charge on any atom is -0.362 e. The van der Waals surface area contributed by atoms with Crippen molar-refractivity contribution < 1.29 is 0 Å². The molecule has 4 nitrogen and oxygen atoms in total. The molecule has 0 aromatic carbocycles. The summed E-state index contributed by atoms with van der Waals surface area (Å²) < 4.78 is 0. The normalized spacial score (nSPS) is 28.6. The van der Waals surface area contributed by atoms with Gasteiger partial charge < -0.3 is 10.3 Å². The molecule has 1 unspecified atom stereocenters. The Morgan fingerprint density at radius 2 is 2.16 bits per heavy atom. The van der Waals surface area contributed by atoms with Crippen molar-refractivity contribution in [2.45, 2.75) is 32.2 Å². The summed E-state index contributed by atoms with van der Waals surface area (Å²) in [5, 5.41) is 3.38. The predicted molar refractivity (Wildman–Crippen MR) is 74.5 cm³/mol. The van der Waals surface area contributed by atoms with Gasteiger partial charge in [-0.25, -0.2) is 0 Å². The number of fused-ring (bicyclic) bond motifs is 1. The highest BCUT2D eigenvalue weighted by molar-refractivity contribution is 5.27. The molecule has 1 aliphatic carbocycles. The number of H-pyrrole nitrogens is 1. The van der Waals surface area contributed by atoms with Gasteiger partial charge in [0.15, 0.2) is 5.43 Å². The van der Waals surface area contributed by atoms with E-state index in [4.69, 9.17) is 0 Å². The van der Waals surface area contributed by atoms with Crippen LogP contribution >= 0.6 is 0 Å². The molecule has 1 aromatic rings. The Morgan fingerprint density at radius 3 is 2.84 bits per heavy atom. The molecule has 102 valence electrons. The highest BCUT2D eigenvalue weighted by Crippen LogP contribution is 2.37. The first kappa shape index (κ1) is 11.7. The van der Waals surface area contributed by atoms with Gasteiger partial charge in [-0.2, -0.15) is 0 Å². The van der Waals surface area contributed by atoms with Crippen LogP contribution in [0.2, 0.25) is 0 Å². The van der Waals surface area contributed by atoms with Gasteiger partial charge in [0.2, 0.25) is 0 Å². The van der Waals surface area contributed by atoms with E-state index in [0.717, 1.165) is 24.1 Å². The fourth-order valence-corrected chi connectivity index (χ4v) is 3.96. The van der Waals surface area contributed by atoms with E-state index in [2.05, 4.69) is 15.2 Å². The number of aryl methyl sites for hydroxylation is 2. The van der Waals surface area contributed by atoms with Crippen LogP contribution in [0.15, 0.2) is 10.9 Å². The van der Waals surface area contributed by atoms with E-state index in [-0.39, 0.29) is 5.43 Å². The number of pyridine rings is 1. The zero-order valence-corrected chi connectivity index (χ0v) is 11.5. The number of nitrogens with one attached hydrogen (secondary N) is 2. The third kappa shape index (κ3) is 1.77.